The third kappa shape index (κ3) is 65.8. The van der Waals surface area contributed by atoms with Gasteiger partial charge in [-0.15, -0.1) is 0 Å². The molecule has 0 aromatic rings. The van der Waals surface area contributed by atoms with Crippen LogP contribution in [0.4, 0.5) is 0 Å². The highest BCUT2D eigenvalue weighted by Crippen LogP contribution is 2.18. The Morgan fingerprint density at radius 3 is 0.785 bits per heavy atom. The van der Waals surface area contributed by atoms with Gasteiger partial charge < -0.3 is 14.2 Å². The molecule has 0 aliphatic carbocycles. The van der Waals surface area contributed by atoms with E-state index in [4.69, 9.17) is 14.2 Å². The molecule has 6 heteroatoms. The van der Waals surface area contributed by atoms with Crippen molar-refractivity contribution in [3.63, 3.8) is 0 Å². The third-order valence-corrected chi connectivity index (χ3v) is 15.5. The molecule has 0 aromatic heterocycles. The second-order valence-corrected chi connectivity index (χ2v) is 23.4. The molecule has 0 spiro atoms. The second-order valence-electron chi connectivity index (χ2n) is 23.4. The predicted octanol–water partition coefficient (Wildman–Crippen LogP) is 23.9. The number of carbonyl (C=O) groups excluding carboxylic acids is 3. The Bertz CT molecular complexity index is 1410. The maximum atomic E-state index is 13.0. The van der Waals surface area contributed by atoms with Gasteiger partial charge in [0.1, 0.15) is 13.2 Å². The summed E-state index contributed by atoms with van der Waals surface area (Å²) in [6.07, 6.45) is 86.6. The van der Waals surface area contributed by atoms with Gasteiger partial charge in [-0.3, -0.25) is 14.4 Å². The van der Waals surface area contributed by atoms with Crippen molar-refractivity contribution in [2.24, 2.45) is 0 Å². The summed E-state index contributed by atoms with van der Waals surface area (Å²) in [5.74, 6) is -0.856. The summed E-state index contributed by atoms with van der Waals surface area (Å²) < 4.78 is 17.0. The smallest absolute Gasteiger partial charge is 0.306 e. The lowest BCUT2D eigenvalue weighted by atomic mass is 10.0. The predicted molar refractivity (Wildman–Crippen MR) is 344 cm³/mol. The van der Waals surface area contributed by atoms with Crippen LogP contribution in [0.5, 0.6) is 0 Å². The summed E-state index contributed by atoms with van der Waals surface area (Å²) in [7, 11) is 0. The van der Waals surface area contributed by atoms with E-state index in [9.17, 15) is 14.4 Å². The average molecular weight is 1110 g/mol. The Hall–Kier alpha value is -2.89. The van der Waals surface area contributed by atoms with Gasteiger partial charge in [0.2, 0.25) is 0 Å². The fourth-order valence-electron chi connectivity index (χ4n) is 10.3. The standard InChI is InChI=1S/C73H132O6/c1-4-7-10-13-16-19-22-25-28-31-34-36-37-38-40-42-45-48-51-54-57-60-63-66-72(75)78-69-70(68-77-71(74)65-62-59-56-53-50-47-44-41-33-30-27-24-21-18-15-12-9-6-3)79-73(76)67-64-61-58-55-52-49-46-43-39-35-32-29-26-23-20-17-14-11-8-5-2/h7,10,16,19,25,28,30,33-34,36,70H,4-6,8-9,11-15,17-18,20-24,26-27,29,31-32,35,37-69H2,1-3H3/b10-7-,19-16-,28-25-,33-30-,36-34-. The minimum atomic E-state index is -0.777. The first-order chi connectivity index (χ1) is 39.0. The summed E-state index contributed by atoms with van der Waals surface area (Å²) in [5.41, 5.74) is 0. The zero-order valence-electron chi connectivity index (χ0n) is 52.9. The largest absolute Gasteiger partial charge is 0.462 e. The highest BCUT2D eigenvalue weighted by atomic mass is 16.6. The van der Waals surface area contributed by atoms with Gasteiger partial charge in [-0.2, -0.15) is 0 Å². The van der Waals surface area contributed by atoms with Crippen LogP contribution in [-0.4, -0.2) is 37.2 Å². The number of rotatable bonds is 64. The number of esters is 3. The molecule has 0 radical (unpaired) electrons. The van der Waals surface area contributed by atoms with E-state index in [-0.39, 0.29) is 31.1 Å². The molecule has 1 unspecified atom stereocenters. The molecular formula is C73H132O6. The van der Waals surface area contributed by atoms with Crippen molar-refractivity contribution in [3.8, 4) is 0 Å². The van der Waals surface area contributed by atoms with Gasteiger partial charge in [0.25, 0.3) is 0 Å². The van der Waals surface area contributed by atoms with Crippen molar-refractivity contribution < 1.29 is 28.6 Å². The fourth-order valence-corrected chi connectivity index (χ4v) is 10.3. The lowest BCUT2D eigenvalue weighted by Gasteiger charge is -2.18. The number of hydrogen-bond donors (Lipinski definition) is 0. The molecule has 0 bridgehead atoms. The highest BCUT2D eigenvalue weighted by molar-refractivity contribution is 5.71. The van der Waals surface area contributed by atoms with Gasteiger partial charge in [0.05, 0.1) is 0 Å². The average Bonchev–Trinajstić information content (AvgIpc) is 3.45. The first-order valence-electron chi connectivity index (χ1n) is 34.8. The lowest BCUT2D eigenvalue weighted by Crippen LogP contribution is -2.30. The van der Waals surface area contributed by atoms with E-state index in [0.29, 0.717) is 19.3 Å². The summed E-state index contributed by atoms with van der Waals surface area (Å²) in [6.45, 7) is 6.59. The molecule has 1 atom stereocenters. The SMILES string of the molecule is CC/C=C\C/C=C\C/C=C\C/C=C\CCCCCCCCCCCCC(=O)OCC(COC(=O)CCCCCCCCC/C=C\CCCCCCCCC)OC(=O)CCCCCCCCCCCCCCCCCCCCCC. The molecule has 0 aliphatic rings. The molecular weight excluding hydrogens is 973 g/mol. The summed E-state index contributed by atoms with van der Waals surface area (Å²) in [6, 6.07) is 0. The first kappa shape index (κ1) is 76.1. The molecule has 0 saturated heterocycles. The Morgan fingerprint density at radius 2 is 0.494 bits per heavy atom. The Morgan fingerprint density at radius 1 is 0.266 bits per heavy atom. The van der Waals surface area contributed by atoms with Crippen LogP contribution in [0.3, 0.4) is 0 Å². The molecule has 0 amide bonds. The van der Waals surface area contributed by atoms with E-state index >= 15 is 0 Å². The van der Waals surface area contributed by atoms with Crippen molar-refractivity contribution in [1.29, 1.82) is 0 Å². The Balaban J connectivity index is 4.34. The van der Waals surface area contributed by atoms with Crippen LogP contribution in [0.2, 0.25) is 0 Å². The third-order valence-electron chi connectivity index (χ3n) is 15.5. The quantitative estimate of drug-likeness (QED) is 0.0261. The Kier molecular flexibility index (Phi) is 65.1. The van der Waals surface area contributed by atoms with E-state index in [1.807, 2.05) is 0 Å². The minimum Gasteiger partial charge on any atom is -0.462 e. The van der Waals surface area contributed by atoms with Crippen molar-refractivity contribution in [1.82, 2.24) is 0 Å². The van der Waals surface area contributed by atoms with Gasteiger partial charge in [0.15, 0.2) is 6.10 Å². The molecule has 79 heavy (non-hydrogen) atoms. The maximum absolute atomic E-state index is 13.0. The van der Waals surface area contributed by atoms with E-state index in [0.717, 1.165) is 83.5 Å². The minimum absolute atomic E-state index is 0.0735. The van der Waals surface area contributed by atoms with Crippen molar-refractivity contribution in [2.45, 2.75) is 374 Å². The molecule has 0 aromatic carbocycles. The summed E-state index contributed by atoms with van der Waals surface area (Å²) in [5, 5.41) is 0. The van der Waals surface area contributed by atoms with Crippen LogP contribution >= 0.6 is 0 Å². The number of allylic oxidation sites excluding steroid dienone is 10. The molecule has 0 aliphatic heterocycles. The van der Waals surface area contributed by atoms with E-state index < -0.39 is 6.10 Å². The zero-order valence-corrected chi connectivity index (χ0v) is 52.9. The molecule has 0 rings (SSSR count). The maximum Gasteiger partial charge on any atom is 0.306 e. The second kappa shape index (κ2) is 67.6. The molecule has 0 heterocycles. The van der Waals surface area contributed by atoms with E-state index in [1.54, 1.807) is 0 Å². The Labute approximate surface area is 491 Å². The van der Waals surface area contributed by atoms with Gasteiger partial charge in [0, 0.05) is 19.3 Å². The van der Waals surface area contributed by atoms with Crippen LogP contribution in [0.1, 0.15) is 367 Å². The van der Waals surface area contributed by atoms with Gasteiger partial charge in [-0.05, 0) is 83.5 Å². The van der Waals surface area contributed by atoms with Crippen LogP contribution in [-0.2, 0) is 28.6 Å². The summed E-state index contributed by atoms with van der Waals surface area (Å²) >= 11 is 0. The number of carbonyl (C=O) groups is 3. The van der Waals surface area contributed by atoms with Crippen LogP contribution in [0.25, 0.3) is 0 Å². The van der Waals surface area contributed by atoms with E-state index in [2.05, 4.69) is 81.5 Å². The number of unbranched alkanes of at least 4 members (excludes halogenated alkanes) is 43. The normalized spacial score (nSPS) is 12.4. The highest BCUT2D eigenvalue weighted by Gasteiger charge is 2.19. The van der Waals surface area contributed by atoms with Crippen LogP contribution < -0.4 is 0 Å². The topological polar surface area (TPSA) is 78.9 Å². The summed E-state index contributed by atoms with van der Waals surface area (Å²) in [4.78, 5) is 38.5. The van der Waals surface area contributed by atoms with Crippen molar-refractivity contribution in [3.05, 3.63) is 60.8 Å². The van der Waals surface area contributed by atoms with Crippen molar-refractivity contribution >= 4 is 17.9 Å². The molecule has 6 nitrogen and oxygen atoms in total. The lowest BCUT2D eigenvalue weighted by molar-refractivity contribution is -0.167. The fraction of sp³-hybridized carbons (Fsp3) is 0.822. The number of hydrogen-bond acceptors (Lipinski definition) is 6. The van der Waals surface area contributed by atoms with Crippen LogP contribution in [0.15, 0.2) is 60.8 Å². The van der Waals surface area contributed by atoms with Gasteiger partial charge in [-0.25, -0.2) is 0 Å². The van der Waals surface area contributed by atoms with Crippen molar-refractivity contribution in [2.75, 3.05) is 13.2 Å². The molecule has 0 fully saturated rings. The molecule has 0 saturated carbocycles. The monoisotopic (exact) mass is 1110 g/mol. The van der Waals surface area contributed by atoms with Gasteiger partial charge >= 0.3 is 17.9 Å². The number of ether oxygens (including phenoxy) is 3. The van der Waals surface area contributed by atoms with Gasteiger partial charge in [-0.1, -0.05) is 326 Å². The molecule has 460 valence electrons. The zero-order chi connectivity index (χ0) is 57.1. The van der Waals surface area contributed by atoms with E-state index in [1.165, 1.54) is 244 Å². The van der Waals surface area contributed by atoms with Crippen LogP contribution in [0, 0.1) is 0 Å². The molecule has 0 N–H and O–H groups in total. The first-order valence-corrected chi connectivity index (χ1v) is 34.8.